The number of fused-ring (bicyclic) bond motifs is 22. The summed E-state index contributed by atoms with van der Waals surface area (Å²) in [4.78, 5) is 6.97. The van der Waals surface area contributed by atoms with Crippen LogP contribution < -0.4 is 30.7 Å². The molecule has 0 aliphatic carbocycles. The molecule has 0 aliphatic rings. The van der Waals surface area contributed by atoms with Crippen LogP contribution >= 0.6 is 34.0 Å². The fourth-order valence-electron chi connectivity index (χ4n) is 21.2. The number of furan rings is 1. The topological polar surface area (TPSA) is 68.3 Å². The molecule has 0 saturated carbocycles. The van der Waals surface area contributed by atoms with Crippen LogP contribution in [0.4, 0.5) is 85.3 Å². The summed E-state index contributed by atoms with van der Waals surface area (Å²) in [6.45, 7) is 2.13. The summed E-state index contributed by atoms with van der Waals surface area (Å²) in [5.74, 6) is 0. The smallest absolute Gasteiger partial charge is 0.159 e. The van der Waals surface area contributed by atoms with Crippen molar-refractivity contribution in [1.82, 2.24) is 8.97 Å². The van der Waals surface area contributed by atoms with E-state index >= 15 is 0 Å². The van der Waals surface area contributed by atoms with Gasteiger partial charge in [-0.3, -0.25) is 0 Å². The number of nitrogens with one attached hydrogen (secondary N) is 3. The Hall–Kier alpha value is -18.0. The van der Waals surface area contributed by atoms with Gasteiger partial charge in [-0.2, -0.15) is 0 Å². The van der Waals surface area contributed by atoms with Gasteiger partial charge < -0.3 is 44.0 Å². The molecule has 0 atom stereocenters. The van der Waals surface area contributed by atoms with Gasteiger partial charge in [-0.15, -0.1) is 34.0 Å². The zero-order valence-corrected chi connectivity index (χ0v) is 80.2. The van der Waals surface area contributed by atoms with E-state index < -0.39 is 0 Å². The molecule has 7 heterocycles. The highest BCUT2D eigenvalue weighted by Crippen LogP contribution is 2.50. The quantitative estimate of drug-likeness (QED) is 0.0839. The SMILES string of the molecule is Cc1ccc(N(c2ccc3c(c2)sc2cc(Nc4ccc5c(c4)c4cccc6c7ccccc7n5c64)ccc23)c2cccc3c2oc2ccccc23)cc1.c1ccc(N(c2ccccc2)c2ccc3c(c2)sc2cc(Nc4cccc(-c5ccc6c7ccccc7n(-c7ccc8ccccc8c7)c6c5)c4)ccc23)cc1.c1ccc(Nc2ccc3c(c2)sc2ccc(N(c4ccccc4)c4ccccc4)cc23)cc1. The van der Waals surface area contributed by atoms with Gasteiger partial charge in [0.15, 0.2) is 5.58 Å². The van der Waals surface area contributed by atoms with Crippen molar-refractivity contribution in [2.24, 2.45) is 0 Å². The van der Waals surface area contributed by atoms with Gasteiger partial charge in [-0.1, -0.05) is 279 Å². The number of hydrogen-bond acceptors (Lipinski definition) is 10. The van der Waals surface area contributed by atoms with Crippen LogP contribution in [0.2, 0.25) is 0 Å². The van der Waals surface area contributed by atoms with Crippen LogP contribution in [0.25, 0.3) is 170 Å². The average Bonchev–Trinajstić information content (AvgIpc) is 1.54. The van der Waals surface area contributed by atoms with Crippen molar-refractivity contribution >= 4 is 272 Å². The minimum atomic E-state index is 0.886. The molecule has 0 unspecified atom stereocenters. The Bertz CT molecular complexity index is 9860. The van der Waals surface area contributed by atoms with E-state index in [1.807, 2.05) is 64.3 Å². The lowest BCUT2D eigenvalue weighted by Gasteiger charge is -2.25. The number of benzene rings is 22. The Labute approximate surface area is 836 Å². The fraction of sp³-hybridized carbons (Fsp3) is 0.00763. The number of aryl methyl sites for hydroxylation is 1. The molecule has 0 spiro atoms. The highest BCUT2D eigenvalue weighted by Gasteiger charge is 2.25. The number of rotatable bonds is 17. The molecule has 29 rings (SSSR count). The van der Waals surface area contributed by atoms with E-state index in [4.69, 9.17) is 4.42 Å². The molecule has 0 amide bonds. The largest absolute Gasteiger partial charge is 0.454 e. The molecule has 29 aromatic rings. The van der Waals surface area contributed by atoms with E-state index in [1.165, 1.54) is 154 Å². The second-order valence-corrected chi connectivity index (χ2v) is 39.9. The zero-order chi connectivity index (χ0) is 94.5. The minimum absolute atomic E-state index is 0.886. The predicted molar refractivity (Wildman–Crippen MR) is 615 cm³/mol. The van der Waals surface area contributed by atoms with Gasteiger partial charge in [-0.25, -0.2) is 0 Å². The lowest BCUT2D eigenvalue weighted by atomic mass is 10.0. The molecule has 676 valence electrons. The van der Waals surface area contributed by atoms with E-state index in [9.17, 15) is 0 Å². The molecule has 143 heavy (non-hydrogen) atoms. The van der Waals surface area contributed by atoms with Gasteiger partial charge >= 0.3 is 0 Å². The van der Waals surface area contributed by atoms with E-state index in [2.05, 4.69) is 514 Å². The number of anilines is 15. The fourth-order valence-corrected chi connectivity index (χ4v) is 24.7. The zero-order valence-electron chi connectivity index (χ0n) is 77.7. The van der Waals surface area contributed by atoms with Crippen LogP contribution in [0.15, 0.2) is 502 Å². The first-order chi connectivity index (χ1) is 70.7. The summed E-state index contributed by atoms with van der Waals surface area (Å²) in [5, 5.41) is 31.0. The molecule has 0 saturated heterocycles. The minimum Gasteiger partial charge on any atom is -0.454 e. The molecule has 0 fully saturated rings. The second kappa shape index (κ2) is 35.4. The molecule has 12 heteroatoms. The maximum absolute atomic E-state index is 6.55. The summed E-state index contributed by atoms with van der Waals surface area (Å²) in [5.41, 5.74) is 29.3. The van der Waals surface area contributed by atoms with Gasteiger partial charge in [0.2, 0.25) is 0 Å². The Morgan fingerprint density at radius 1 is 0.217 bits per heavy atom. The monoisotopic (exact) mass is 1880 g/mol. The van der Waals surface area contributed by atoms with Crippen molar-refractivity contribution in [3.05, 3.63) is 503 Å². The lowest BCUT2D eigenvalue weighted by molar-refractivity contribution is 0.669. The Morgan fingerprint density at radius 2 is 0.629 bits per heavy atom. The highest BCUT2D eigenvalue weighted by molar-refractivity contribution is 7.26. The molecule has 22 aromatic carbocycles. The summed E-state index contributed by atoms with van der Waals surface area (Å²) < 4.78 is 19.0. The third-order valence-electron chi connectivity index (χ3n) is 27.8. The normalized spacial score (nSPS) is 11.7. The predicted octanol–water partition coefficient (Wildman–Crippen LogP) is 39.1. The van der Waals surface area contributed by atoms with Crippen LogP contribution in [0.5, 0.6) is 0 Å². The van der Waals surface area contributed by atoms with Crippen molar-refractivity contribution in [1.29, 1.82) is 0 Å². The summed E-state index contributed by atoms with van der Waals surface area (Å²) in [7, 11) is 0. The van der Waals surface area contributed by atoms with Crippen LogP contribution in [-0.2, 0) is 0 Å². The first-order valence-corrected chi connectivity index (χ1v) is 50.8. The average molecular weight is 1890 g/mol. The van der Waals surface area contributed by atoms with Crippen LogP contribution in [-0.4, -0.2) is 8.97 Å². The van der Waals surface area contributed by atoms with E-state index in [-0.39, 0.29) is 0 Å². The van der Waals surface area contributed by atoms with Crippen molar-refractivity contribution in [3.8, 4) is 16.8 Å². The Kier molecular flexibility index (Phi) is 20.9. The molecular formula is C131H88N8OS3. The standard InChI is InChI=1S/C52H35N3S.C49H31N3OS.C30H22N2S/c1-3-16-41(17-4-1)54(42-18-5-2-6-19-42)44-26-29-48-47-28-24-40(33-51(47)56-52(48)34-44)53-39-15-11-14-36(30-39)38-23-27-46-45-20-9-10-21-49(45)55(50(46)32-38)43-25-22-35-12-7-8-13-37(35)31-43;1-29-16-20-32(21-17-29)51(44-14-7-12-40-35-9-3-5-15-45(35)53-49(40)44)33-22-24-37-36-23-18-31(27-46(36)54-47(37)28-33)50-30-19-25-43-41(26-30)39-11-6-10-38-34-8-2-4-13-42(34)52(43)48(38)39;1-4-10-22(11-5-1)31-23-16-18-27-28-21-26(17-19-29(28)33-30(27)20-23)32(24-12-6-2-7-13-24)25-14-8-3-9-15-25/h1-34,53H;2-28,50H,1H3;1-21,31H. The van der Waals surface area contributed by atoms with Crippen molar-refractivity contribution in [2.75, 3.05) is 30.7 Å². The summed E-state index contributed by atoms with van der Waals surface area (Å²) in [6, 6.07) is 179. The first kappa shape index (κ1) is 84.3. The number of aromatic nitrogens is 2. The van der Waals surface area contributed by atoms with Gasteiger partial charge in [0.05, 0.1) is 33.3 Å². The van der Waals surface area contributed by atoms with Crippen LogP contribution in [0.1, 0.15) is 5.56 Å². The lowest BCUT2D eigenvalue weighted by Crippen LogP contribution is -2.10. The number of nitrogens with zero attached hydrogens (tertiary/aromatic N) is 5. The van der Waals surface area contributed by atoms with Crippen LogP contribution in [0, 0.1) is 6.92 Å². The van der Waals surface area contributed by atoms with E-state index in [0.717, 1.165) is 107 Å². The Morgan fingerprint density at radius 3 is 1.27 bits per heavy atom. The molecular weight excluding hydrogens is 1800 g/mol. The maximum atomic E-state index is 6.55. The second-order valence-electron chi connectivity index (χ2n) is 36.6. The molecule has 0 radical (unpaired) electrons. The molecule has 3 N–H and O–H groups in total. The third kappa shape index (κ3) is 15.3. The Balaban J connectivity index is 0.000000111. The maximum Gasteiger partial charge on any atom is 0.159 e. The third-order valence-corrected chi connectivity index (χ3v) is 31.2. The van der Waals surface area contributed by atoms with Crippen molar-refractivity contribution in [2.45, 2.75) is 6.92 Å². The summed E-state index contributed by atoms with van der Waals surface area (Å²) >= 11 is 5.52. The highest BCUT2D eigenvalue weighted by atomic mass is 32.1. The summed E-state index contributed by atoms with van der Waals surface area (Å²) in [6.07, 6.45) is 0. The molecule has 9 nitrogen and oxygen atoms in total. The van der Waals surface area contributed by atoms with Crippen molar-refractivity contribution < 1.29 is 4.42 Å². The molecule has 0 bridgehead atoms. The van der Waals surface area contributed by atoms with Gasteiger partial charge in [0.25, 0.3) is 0 Å². The van der Waals surface area contributed by atoms with Gasteiger partial charge in [0, 0.05) is 189 Å². The first-order valence-electron chi connectivity index (χ1n) is 48.4. The number of thiophene rings is 3. The van der Waals surface area contributed by atoms with Crippen LogP contribution in [0.3, 0.4) is 0 Å². The van der Waals surface area contributed by atoms with E-state index in [0.29, 0.717) is 0 Å². The number of para-hydroxylation sites is 10. The van der Waals surface area contributed by atoms with Crippen molar-refractivity contribution in [3.63, 3.8) is 0 Å². The van der Waals surface area contributed by atoms with Gasteiger partial charge in [0.1, 0.15) is 5.58 Å². The molecule has 7 aromatic heterocycles. The van der Waals surface area contributed by atoms with Gasteiger partial charge in [-0.05, 0) is 253 Å². The molecule has 0 aliphatic heterocycles. The number of hydrogen-bond donors (Lipinski definition) is 3. The van der Waals surface area contributed by atoms with E-state index in [1.54, 1.807) is 0 Å².